The highest BCUT2D eigenvalue weighted by atomic mass is 79.9. The quantitative estimate of drug-likeness (QED) is 0.657. The molecule has 0 radical (unpaired) electrons. The lowest BCUT2D eigenvalue weighted by molar-refractivity contribution is -0.138. The monoisotopic (exact) mass is 335 g/mol. The third kappa shape index (κ3) is 3.99. The largest absolute Gasteiger partial charge is 0.463 e. The van der Waals surface area contributed by atoms with Crippen LogP contribution in [0.2, 0.25) is 5.02 Å². The number of esters is 1. The van der Waals surface area contributed by atoms with E-state index in [0.29, 0.717) is 16.8 Å². The van der Waals surface area contributed by atoms with Gasteiger partial charge in [-0.2, -0.15) is 0 Å². The minimum Gasteiger partial charge on any atom is -0.463 e. The zero-order valence-electron chi connectivity index (χ0n) is 9.73. The standard InChI is InChI=1S/C12H12BrClFNO2/c1-3-18-12(17)7(2)6-16-11-9(13)4-8(15)5-10(11)14/h4-5,16H,2-3,6H2,1H3. The molecule has 0 unspecified atom stereocenters. The highest BCUT2D eigenvalue weighted by Gasteiger charge is 2.11. The minimum absolute atomic E-state index is 0.169. The zero-order valence-corrected chi connectivity index (χ0v) is 12.1. The van der Waals surface area contributed by atoms with Gasteiger partial charge in [0.25, 0.3) is 0 Å². The molecule has 1 N–H and O–H groups in total. The molecular weight excluding hydrogens is 324 g/mol. The van der Waals surface area contributed by atoms with Gasteiger partial charge in [-0.25, -0.2) is 9.18 Å². The lowest BCUT2D eigenvalue weighted by Crippen LogP contribution is -2.15. The second kappa shape index (κ2) is 6.75. The maximum absolute atomic E-state index is 13.0. The van der Waals surface area contributed by atoms with Crippen molar-refractivity contribution in [1.29, 1.82) is 0 Å². The highest BCUT2D eigenvalue weighted by molar-refractivity contribution is 9.10. The predicted octanol–water partition coefficient (Wildman–Crippen LogP) is 3.77. The van der Waals surface area contributed by atoms with E-state index in [0.717, 1.165) is 0 Å². The van der Waals surface area contributed by atoms with E-state index >= 15 is 0 Å². The average Bonchev–Trinajstić information content (AvgIpc) is 2.27. The van der Waals surface area contributed by atoms with Gasteiger partial charge in [0.1, 0.15) is 5.82 Å². The van der Waals surface area contributed by atoms with E-state index < -0.39 is 11.8 Å². The maximum Gasteiger partial charge on any atom is 0.335 e. The number of nitrogens with one attached hydrogen (secondary N) is 1. The molecule has 3 nitrogen and oxygen atoms in total. The molecule has 0 aromatic heterocycles. The van der Waals surface area contributed by atoms with Gasteiger partial charge in [-0.1, -0.05) is 18.2 Å². The van der Waals surface area contributed by atoms with Crippen molar-refractivity contribution < 1.29 is 13.9 Å². The summed E-state index contributed by atoms with van der Waals surface area (Å²) in [5, 5.41) is 3.12. The van der Waals surface area contributed by atoms with Crippen molar-refractivity contribution in [3.8, 4) is 0 Å². The SMILES string of the molecule is C=C(CNc1c(Cl)cc(F)cc1Br)C(=O)OCC. The van der Waals surface area contributed by atoms with Crippen LogP contribution in [0.5, 0.6) is 0 Å². The van der Waals surface area contributed by atoms with Crippen LogP contribution in [0.4, 0.5) is 10.1 Å². The molecule has 0 aliphatic rings. The van der Waals surface area contributed by atoms with Crippen LogP contribution in [0.25, 0.3) is 0 Å². The van der Waals surface area contributed by atoms with Crippen LogP contribution < -0.4 is 5.32 Å². The molecule has 0 spiro atoms. The Bertz CT molecular complexity index is 456. The Morgan fingerprint density at radius 3 is 2.83 bits per heavy atom. The summed E-state index contributed by atoms with van der Waals surface area (Å²) in [6, 6.07) is 2.46. The molecule has 18 heavy (non-hydrogen) atoms. The number of anilines is 1. The van der Waals surface area contributed by atoms with Gasteiger partial charge in [-0.3, -0.25) is 0 Å². The summed E-state index contributed by atoms with van der Waals surface area (Å²) in [5.74, 6) is -0.916. The van der Waals surface area contributed by atoms with Crippen molar-refractivity contribution in [2.45, 2.75) is 6.92 Å². The minimum atomic E-state index is -0.473. The Hall–Kier alpha value is -1.07. The molecule has 98 valence electrons. The Morgan fingerprint density at radius 2 is 2.28 bits per heavy atom. The Balaban J connectivity index is 2.70. The number of carbonyl (C=O) groups excluding carboxylic acids is 1. The molecule has 0 bridgehead atoms. The van der Waals surface area contributed by atoms with Gasteiger partial charge in [-0.15, -0.1) is 0 Å². The lowest BCUT2D eigenvalue weighted by Gasteiger charge is -2.11. The molecule has 0 saturated carbocycles. The fraction of sp³-hybridized carbons (Fsp3) is 0.250. The van der Waals surface area contributed by atoms with Gasteiger partial charge in [0.05, 0.1) is 17.3 Å². The van der Waals surface area contributed by atoms with Gasteiger partial charge in [0.2, 0.25) is 0 Å². The second-order valence-electron chi connectivity index (χ2n) is 3.42. The first-order valence-corrected chi connectivity index (χ1v) is 6.36. The molecule has 1 rings (SSSR count). The van der Waals surface area contributed by atoms with E-state index in [1.165, 1.54) is 12.1 Å². The molecule has 0 saturated heterocycles. The van der Waals surface area contributed by atoms with Crippen LogP contribution in [0.15, 0.2) is 28.8 Å². The number of halogens is 3. The molecule has 0 atom stereocenters. The molecule has 0 aliphatic heterocycles. The molecular formula is C12H12BrClFNO2. The molecule has 0 amide bonds. The number of carbonyl (C=O) groups is 1. The summed E-state index contributed by atoms with van der Waals surface area (Å²) in [6.07, 6.45) is 0. The van der Waals surface area contributed by atoms with E-state index in [1.54, 1.807) is 6.92 Å². The molecule has 6 heteroatoms. The second-order valence-corrected chi connectivity index (χ2v) is 4.68. The predicted molar refractivity (Wildman–Crippen MR) is 73.4 cm³/mol. The van der Waals surface area contributed by atoms with Crippen LogP contribution in [0, 0.1) is 5.82 Å². The van der Waals surface area contributed by atoms with E-state index in [9.17, 15) is 9.18 Å². The van der Waals surface area contributed by atoms with Crippen LogP contribution in [0.1, 0.15) is 6.92 Å². The molecule has 0 fully saturated rings. The maximum atomic E-state index is 13.0. The van der Waals surface area contributed by atoms with Crippen LogP contribution in [0.3, 0.4) is 0 Å². The zero-order chi connectivity index (χ0) is 13.7. The summed E-state index contributed by atoms with van der Waals surface area (Å²) >= 11 is 9.06. The Labute approximate surface area is 118 Å². The normalized spacial score (nSPS) is 10.0. The smallest absolute Gasteiger partial charge is 0.335 e. The van der Waals surface area contributed by atoms with Gasteiger partial charge in [0.15, 0.2) is 0 Å². The first-order chi connectivity index (χ1) is 8.45. The summed E-state index contributed by atoms with van der Waals surface area (Å²) in [7, 11) is 0. The Kier molecular flexibility index (Phi) is 5.62. The van der Waals surface area contributed by atoms with Crippen molar-refractivity contribution in [1.82, 2.24) is 0 Å². The van der Waals surface area contributed by atoms with E-state index in [4.69, 9.17) is 16.3 Å². The van der Waals surface area contributed by atoms with Crippen molar-refractivity contribution in [2.75, 3.05) is 18.5 Å². The third-order valence-electron chi connectivity index (χ3n) is 2.05. The lowest BCUT2D eigenvalue weighted by atomic mass is 10.2. The first kappa shape index (κ1) is 15.0. The van der Waals surface area contributed by atoms with E-state index in [2.05, 4.69) is 27.8 Å². The molecule has 0 aliphatic carbocycles. The van der Waals surface area contributed by atoms with Gasteiger partial charge in [0, 0.05) is 16.6 Å². The highest BCUT2D eigenvalue weighted by Crippen LogP contribution is 2.31. The average molecular weight is 337 g/mol. The van der Waals surface area contributed by atoms with Gasteiger partial charge in [-0.05, 0) is 35.0 Å². The summed E-state index contributed by atoms with van der Waals surface area (Å²) < 4.78 is 18.3. The van der Waals surface area contributed by atoms with E-state index in [1.807, 2.05) is 0 Å². The number of benzene rings is 1. The molecule has 0 heterocycles. The van der Waals surface area contributed by atoms with Crippen molar-refractivity contribution >= 4 is 39.2 Å². The topological polar surface area (TPSA) is 38.3 Å². The number of hydrogen-bond donors (Lipinski definition) is 1. The van der Waals surface area contributed by atoms with E-state index in [-0.39, 0.29) is 17.1 Å². The Morgan fingerprint density at radius 1 is 1.61 bits per heavy atom. The fourth-order valence-electron chi connectivity index (χ4n) is 1.21. The summed E-state index contributed by atoms with van der Waals surface area (Å²) in [5.41, 5.74) is 0.771. The first-order valence-electron chi connectivity index (χ1n) is 5.19. The van der Waals surface area contributed by atoms with Gasteiger partial charge < -0.3 is 10.1 Å². The fourth-order valence-corrected chi connectivity index (χ4v) is 2.17. The number of hydrogen-bond acceptors (Lipinski definition) is 3. The molecule has 1 aromatic carbocycles. The number of ether oxygens (including phenoxy) is 1. The third-order valence-corrected chi connectivity index (χ3v) is 2.97. The van der Waals surface area contributed by atoms with Crippen molar-refractivity contribution in [3.05, 3.63) is 39.6 Å². The van der Waals surface area contributed by atoms with Crippen molar-refractivity contribution in [2.24, 2.45) is 0 Å². The molecule has 1 aromatic rings. The number of rotatable bonds is 5. The summed E-state index contributed by atoms with van der Waals surface area (Å²) in [6.45, 7) is 5.77. The van der Waals surface area contributed by atoms with Crippen LogP contribution in [-0.4, -0.2) is 19.1 Å². The van der Waals surface area contributed by atoms with Crippen molar-refractivity contribution in [3.63, 3.8) is 0 Å². The van der Waals surface area contributed by atoms with Crippen LogP contribution in [-0.2, 0) is 9.53 Å². The summed E-state index contributed by atoms with van der Waals surface area (Å²) in [4.78, 5) is 11.3. The van der Waals surface area contributed by atoms with Gasteiger partial charge >= 0.3 is 5.97 Å². The van der Waals surface area contributed by atoms with Crippen LogP contribution >= 0.6 is 27.5 Å².